The molecule has 1 fully saturated rings. The summed E-state index contributed by atoms with van der Waals surface area (Å²) in [6.07, 6.45) is 0.364. The lowest BCUT2D eigenvalue weighted by Crippen LogP contribution is -2.53. The molecule has 19 nitrogen and oxygen atoms in total. The number of carboxylic acids is 4. The number of carbonyl (C=O) groups is 4. The molecule has 318 valence electrons. The summed E-state index contributed by atoms with van der Waals surface area (Å²) in [6.45, 7) is 7.69. The Morgan fingerprint density at radius 2 is 1.05 bits per heavy atom. The summed E-state index contributed by atoms with van der Waals surface area (Å²) in [4.78, 5) is 53.8. The Morgan fingerprint density at radius 3 is 1.54 bits per heavy atom. The van der Waals surface area contributed by atoms with Gasteiger partial charge in [-0.2, -0.15) is 0 Å². The molecule has 1 aliphatic rings. The zero-order valence-corrected chi connectivity index (χ0v) is 33.1. The topological polar surface area (TPSA) is 232 Å². The third-order valence-corrected chi connectivity index (χ3v) is 8.72. The second kappa shape index (κ2) is 29.6. The summed E-state index contributed by atoms with van der Waals surface area (Å²) < 4.78 is 27.1. The summed E-state index contributed by atoms with van der Waals surface area (Å²) >= 11 is 5.42. The summed E-state index contributed by atoms with van der Waals surface area (Å²) in [5.74, 6) is -4.25. The van der Waals surface area contributed by atoms with Crippen molar-refractivity contribution in [2.24, 2.45) is 0 Å². The molecule has 1 atom stereocenters. The van der Waals surface area contributed by atoms with Crippen LogP contribution in [0.5, 0.6) is 0 Å². The van der Waals surface area contributed by atoms with Crippen molar-refractivity contribution in [2.45, 2.75) is 19.4 Å². The molecule has 0 radical (unpaired) electrons. The first-order chi connectivity index (χ1) is 26.9. The predicted octanol–water partition coefficient (Wildman–Crippen LogP) is -0.453. The Kier molecular flexibility index (Phi) is 25.7. The van der Waals surface area contributed by atoms with Crippen molar-refractivity contribution in [2.75, 3.05) is 150 Å². The fraction of sp³-hybridized carbons (Fsp3) is 0.694. The minimum Gasteiger partial charge on any atom is -0.480 e. The van der Waals surface area contributed by atoms with E-state index in [0.717, 1.165) is 11.3 Å². The van der Waals surface area contributed by atoms with E-state index in [2.05, 4.69) is 10.6 Å². The molecule has 1 unspecified atom stereocenters. The highest BCUT2D eigenvalue weighted by atomic mass is 32.1. The van der Waals surface area contributed by atoms with Crippen LogP contribution in [-0.2, 0) is 49.3 Å². The smallest absolute Gasteiger partial charge is 0.317 e. The van der Waals surface area contributed by atoms with Crippen LogP contribution >= 0.6 is 12.2 Å². The standard InChI is InChI=1S/C36H60N6O13S/c1-2-51-15-16-53-19-20-55-22-21-54-18-17-52-14-7-37-36(56)38-30-5-3-29(4-6-30)23-31-24-41(27-34(47)48)11-10-39(25-32(43)44)8-9-40(26-33(45)46)12-13-42(31)28-35(49)50/h3-6,31H,2,7-28H2,1H3,(H,43,44)(H,45,46)(H,47,48)(H,49,50)(H2,37,38,56). The SMILES string of the molecule is CCOCCOCCOCCOCCOCCNC(=S)Nc1ccc(CC2CN(CC(=O)O)CCN(CC(=O)O)CCN(CC(=O)O)CCN2CC(=O)O)cc1. The molecule has 1 aromatic rings. The molecule has 56 heavy (non-hydrogen) atoms. The Hall–Kier alpha value is -3.57. The first-order valence-electron chi connectivity index (χ1n) is 18.8. The Labute approximate surface area is 333 Å². The van der Waals surface area contributed by atoms with E-state index in [0.29, 0.717) is 84.1 Å². The lowest BCUT2D eigenvalue weighted by Gasteiger charge is -2.37. The first-order valence-corrected chi connectivity index (χ1v) is 19.2. The summed E-state index contributed by atoms with van der Waals surface area (Å²) in [5.41, 5.74) is 1.58. The van der Waals surface area contributed by atoms with Gasteiger partial charge in [0.25, 0.3) is 0 Å². The van der Waals surface area contributed by atoms with Gasteiger partial charge in [-0.25, -0.2) is 0 Å². The molecule has 0 saturated carbocycles. The summed E-state index contributed by atoms with van der Waals surface area (Å²) in [5, 5.41) is 45.1. The quantitative estimate of drug-likeness (QED) is 0.0488. The normalized spacial score (nSPS) is 16.8. The number of aliphatic carboxylic acids is 4. The van der Waals surface area contributed by atoms with Gasteiger partial charge in [0, 0.05) is 70.7 Å². The molecule has 1 saturated heterocycles. The van der Waals surface area contributed by atoms with Crippen LogP contribution in [0.25, 0.3) is 0 Å². The molecule has 0 amide bonds. The third kappa shape index (κ3) is 24.1. The molecule has 0 aliphatic carbocycles. The molecular weight excluding hydrogens is 756 g/mol. The highest BCUT2D eigenvalue weighted by Gasteiger charge is 2.27. The van der Waals surface area contributed by atoms with E-state index in [1.165, 1.54) is 0 Å². The number of nitrogens with one attached hydrogen (secondary N) is 2. The number of hydrogen-bond acceptors (Lipinski definition) is 14. The Morgan fingerprint density at radius 1 is 0.625 bits per heavy atom. The Bertz CT molecular complexity index is 1300. The molecule has 1 aromatic carbocycles. The van der Waals surface area contributed by atoms with E-state index >= 15 is 0 Å². The second-order valence-electron chi connectivity index (χ2n) is 12.9. The van der Waals surface area contributed by atoms with Crippen molar-refractivity contribution in [3.05, 3.63) is 29.8 Å². The lowest BCUT2D eigenvalue weighted by atomic mass is 10.0. The molecular formula is C36H60N6O13S. The molecule has 1 heterocycles. The van der Waals surface area contributed by atoms with Gasteiger partial charge in [-0.3, -0.25) is 38.8 Å². The van der Waals surface area contributed by atoms with Crippen LogP contribution < -0.4 is 10.6 Å². The molecule has 0 spiro atoms. The van der Waals surface area contributed by atoms with E-state index in [1.54, 1.807) is 19.6 Å². The average molecular weight is 817 g/mol. The number of thiocarbonyl (C=S) groups is 1. The van der Waals surface area contributed by atoms with Crippen molar-refractivity contribution in [3.8, 4) is 0 Å². The third-order valence-electron chi connectivity index (χ3n) is 8.48. The molecule has 2 rings (SSSR count). The van der Waals surface area contributed by atoms with Crippen LogP contribution in [0.1, 0.15) is 12.5 Å². The molecule has 0 aromatic heterocycles. The van der Waals surface area contributed by atoms with Gasteiger partial charge in [-0.15, -0.1) is 0 Å². The van der Waals surface area contributed by atoms with Gasteiger partial charge in [0.15, 0.2) is 5.11 Å². The Balaban J connectivity index is 1.90. The van der Waals surface area contributed by atoms with Crippen LogP contribution in [0.4, 0.5) is 5.69 Å². The van der Waals surface area contributed by atoms with Gasteiger partial charge in [0.05, 0.1) is 85.6 Å². The monoisotopic (exact) mass is 816 g/mol. The predicted molar refractivity (Wildman–Crippen MR) is 209 cm³/mol. The van der Waals surface area contributed by atoms with Crippen LogP contribution in [0.15, 0.2) is 24.3 Å². The highest BCUT2D eigenvalue weighted by Crippen LogP contribution is 2.16. The minimum atomic E-state index is -1.07. The van der Waals surface area contributed by atoms with E-state index in [9.17, 15) is 39.6 Å². The van der Waals surface area contributed by atoms with Crippen molar-refractivity contribution in [3.63, 3.8) is 0 Å². The van der Waals surface area contributed by atoms with E-state index in [1.807, 2.05) is 31.2 Å². The summed E-state index contributed by atoms with van der Waals surface area (Å²) in [7, 11) is 0. The molecule has 0 bridgehead atoms. The maximum Gasteiger partial charge on any atom is 0.317 e. The zero-order chi connectivity index (χ0) is 41.0. The van der Waals surface area contributed by atoms with Crippen molar-refractivity contribution >= 4 is 46.9 Å². The minimum absolute atomic E-state index is 0.182. The van der Waals surface area contributed by atoms with Crippen LogP contribution in [0, 0.1) is 0 Å². The molecule has 20 heteroatoms. The largest absolute Gasteiger partial charge is 0.480 e. The zero-order valence-electron chi connectivity index (χ0n) is 32.3. The van der Waals surface area contributed by atoms with Gasteiger partial charge in [-0.05, 0) is 43.3 Å². The fourth-order valence-electron chi connectivity index (χ4n) is 5.79. The van der Waals surface area contributed by atoms with Crippen molar-refractivity contribution in [1.82, 2.24) is 24.9 Å². The van der Waals surface area contributed by atoms with E-state index < -0.39 is 29.9 Å². The number of carboxylic acid groups (broad SMARTS) is 4. The van der Waals surface area contributed by atoms with Gasteiger partial charge in [0.1, 0.15) is 0 Å². The number of hydrogen-bond donors (Lipinski definition) is 6. The number of ether oxygens (including phenoxy) is 5. The van der Waals surface area contributed by atoms with Crippen molar-refractivity contribution in [1.29, 1.82) is 0 Å². The van der Waals surface area contributed by atoms with Gasteiger partial charge < -0.3 is 54.7 Å². The lowest BCUT2D eigenvalue weighted by molar-refractivity contribution is -0.142. The first kappa shape index (κ1) is 48.6. The second-order valence-corrected chi connectivity index (χ2v) is 13.3. The van der Waals surface area contributed by atoms with Crippen LogP contribution in [0.2, 0.25) is 0 Å². The molecule has 6 N–H and O–H groups in total. The van der Waals surface area contributed by atoms with Crippen molar-refractivity contribution < 1.29 is 63.3 Å². The average Bonchev–Trinajstić information content (AvgIpc) is 3.13. The van der Waals surface area contributed by atoms with Gasteiger partial charge in [-0.1, -0.05) is 12.1 Å². The number of rotatable bonds is 27. The number of benzene rings is 1. The van der Waals surface area contributed by atoms with Gasteiger partial charge >= 0.3 is 23.9 Å². The van der Waals surface area contributed by atoms with E-state index in [-0.39, 0.29) is 72.0 Å². The van der Waals surface area contributed by atoms with Crippen LogP contribution in [-0.4, -0.2) is 220 Å². The number of anilines is 1. The molecule has 1 aliphatic heterocycles. The highest BCUT2D eigenvalue weighted by molar-refractivity contribution is 7.80. The summed E-state index contributed by atoms with van der Waals surface area (Å²) in [6, 6.07) is 6.95. The fourth-order valence-corrected chi connectivity index (χ4v) is 6.01. The maximum absolute atomic E-state index is 12.0. The maximum atomic E-state index is 12.0. The van der Waals surface area contributed by atoms with Gasteiger partial charge in [0.2, 0.25) is 0 Å². The van der Waals surface area contributed by atoms with E-state index in [4.69, 9.17) is 35.9 Å². The number of nitrogens with zero attached hydrogens (tertiary/aromatic N) is 4. The van der Waals surface area contributed by atoms with Crippen LogP contribution in [0.3, 0.4) is 0 Å².